The zero-order valence-corrected chi connectivity index (χ0v) is 22.3. The van der Waals surface area contributed by atoms with Crippen molar-refractivity contribution in [2.24, 2.45) is 0 Å². The number of amides is 3. The second-order valence-electron chi connectivity index (χ2n) is 10.9. The van der Waals surface area contributed by atoms with E-state index in [1.807, 2.05) is 53.4 Å². The Morgan fingerprint density at radius 1 is 0.929 bits per heavy atom. The fraction of sp³-hybridized carbons (Fsp3) is 0.300. The lowest BCUT2D eigenvalue weighted by atomic mass is 9.95. The van der Waals surface area contributed by atoms with E-state index in [9.17, 15) is 27.6 Å². The molecule has 3 aliphatic heterocycles. The Morgan fingerprint density at radius 2 is 1.71 bits per heavy atom. The topological polar surface area (TPSA) is 100 Å². The van der Waals surface area contributed by atoms with Crippen molar-refractivity contribution < 1.29 is 27.6 Å². The summed E-state index contributed by atoms with van der Waals surface area (Å²) in [5, 5.41) is 11.2. The molecule has 12 heteroatoms. The van der Waals surface area contributed by atoms with E-state index in [0.29, 0.717) is 43.1 Å². The van der Waals surface area contributed by atoms with Crippen LogP contribution in [-0.4, -0.2) is 50.0 Å². The molecule has 9 nitrogen and oxygen atoms in total. The third-order valence-corrected chi connectivity index (χ3v) is 8.25. The van der Waals surface area contributed by atoms with E-state index in [1.54, 1.807) is 6.07 Å². The number of carbonyl (C=O) groups is 3. The quantitative estimate of drug-likeness (QED) is 0.364. The summed E-state index contributed by atoms with van der Waals surface area (Å²) in [6, 6.07) is 16.8. The molecule has 0 spiro atoms. The highest BCUT2D eigenvalue weighted by atomic mass is 19.4. The van der Waals surface area contributed by atoms with E-state index < -0.39 is 23.9 Å². The van der Waals surface area contributed by atoms with Crippen LogP contribution in [0.3, 0.4) is 0 Å². The second kappa shape index (κ2) is 9.76. The van der Waals surface area contributed by atoms with Crippen molar-refractivity contribution in [3.05, 3.63) is 88.5 Å². The fourth-order valence-electron chi connectivity index (χ4n) is 6.25. The minimum Gasteiger partial charge on any atom is -0.305 e. The van der Waals surface area contributed by atoms with Gasteiger partial charge in [-0.2, -0.15) is 13.2 Å². The first-order valence-electron chi connectivity index (χ1n) is 13.7. The lowest BCUT2D eigenvalue weighted by Gasteiger charge is -2.30. The number of nitrogens with zero attached hydrogens (tertiary/aromatic N) is 5. The predicted molar refractivity (Wildman–Crippen MR) is 145 cm³/mol. The average molecular weight is 575 g/mol. The molecule has 0 aliphatic carbocycles. The molecule has 214 valence electrons. The van der Waals surface area contributed by atoms with E-state index in [2.05, 4.69) is 15.5 Å². The molecule has 1 atom stereocenters. The lowest BCUT2D eigenvalue weighted by Crippen LogP contribution is -2.53. The normalized spacial score (nSPS) is 19.0. The third kappa shape index (κ3) is 4.42. The van der Waals surface area contributed by atoms with Gasteiger partial charge in [0.2, 0.25) is 17.6 Å². The summed E-state index contributed by atoms with van der Waals surface area (Å²) >= 11 is 0. The van der Waals surface area contributed by atoms with Crippen LogP contribution in [0, 0.1) is 0 Å². The largest absolute Gasteiger partial charge is 0.451 e. The van der Waals surface area contributed by atoms with Crippen LogP contribution in [0.15, 0.2) is 54.6 Å². The number of alkyl halides is 3. The van der Waals surface area contributed by atoms with Crippen LogP contribution in [0.1, 0.15) is 51.5 Å². The van der Waals surface area contributed by atoms with Crippen LogP contribution in [0.5, 0.6) is 0 Å². The van der Waals surface area contributed by atoms with Gasteiger partial charge in [0.15, 0.2) is 0 Å². The van der Waals surface area contributed by atoms with Gasteiger partial charge in [0.1, 0.15) is 11.9 Å². The molecule has 1 N–H and O–H groups in total. The van der Waals surface area contributed by atoms with Crippen molar-refractivity contribution in [3.63, 3.8) is 0 Å². The molecule has 0 bridgehead atoms. The molecule has 3 aromatic carbocycles. The summed E-state index contributed by atoms with van der Waals surface area (Å²) in [4.78, 5) is 41.2. The summed E-state index contributed by atoms with van der Waals surface area (Å²) in [6.07, 6.45) is -3.42. The van der Waals surface area contributed by atoms with Gasteiger partial charge < -0.3 is 4.57 Å². The minimum absolute atomic E-state index is 0.184. The number of benzene rings is 3. The van der Waals surface area contributed by atoms with Gasteiger partial charge in [-0.15, -0.1) is 10.2 Å². The molecular weight excluding hydrogens is 549 g/mol. The molecule has 0 radical (unpaired) electrons. The molecule has 7 rings (SSSR count). The van der Waals surface area contributed by atoms with Crippen molar-refractivity contribution in [1.82, 2.24) is 25.0 Å². The Hall–Kier alpha value is -4.58. The van der Waals surface area contributed by atoms with Crippen LogP contribution < -0.4 is 10.2 Å². The van der Waals surface area contributed by atoms with Crippen molar-refractivity contribution in [2.45, 2.75) is 51.1 Å². The van der Waals surface area contributed by atoms with Gasteiger partial charge in [0.25, 0.3) is 5.91 Å². The maximum absolute atomic E-state index is 13.4. The fourth-order valence-corrected chi connectivity index (χ4v) is 6.25. The Kier molecular flexibility index (Phi) is 6.12. The van der Waals surface area contributed by atoms with Gasteiger partial charge in [-0.3, -0.25) is 29.5 Å². The van der Waals surface area contributed by atoms with Crippen LogP contribution in [0.2, 0.25) is 0 Å². The Balaban J connectivity index is 1.08. The molecule has 1 fully saturated rings. The first-order valence-corrected chi connectivity index (χ1v) is 13.7. The summed E-state index contributed by atoms with van der Waals surface area (Å²) in [5.74, 6) is -1.66. The zero-order valence-electron chi connectivity index (χ0n) is 22.3. The number of halogens is 3. The van der Waals surface area contributed by atoms with Gasteiger partial charge in [-0.25, -0.2) is 0 Å². The van der Waals surface area contributed by atoms with Crippen LogP contribution >= 0.6 is 0 Å². The van der Waals surface area contributed by atoms with E-state index in [0.717, 1.165) is 32.0 Å². The number of piperidine rings is 1. The Labute approximate surface area is 237 Å². The van der Waals surface area contributed by atoms with Gasteiger partial charge >= 0.3 is 6.18 Å². The number of fused-ring (bicyclic) bond motifs is 1. The van der Waals surface area contributed by atoms with E-state index >= 15 is 0 Å². The first-order chi connectivity index (χ1) is 20.2. The number of rotatable bonds is 5. The van der Waals surface area contributed by atoms with Gasteiger partial charge in [0.05, 0.1) is 12.2 Å². The SMILES string of the molecule is O=C1CCC(N2C(=O)c3cccc4c(Cc5ccc(CN6CCn7c(nnc7C(F)(F)F)C6)cc5)ccc2c34)C(=O)N1. The average Bonchev–Trinajstić information content (AvgIpc) is 3.51. The third-order valence-electron chi connectivity index (χ3n) is 8.25. The van der Waals surface area contributed by atoms with E-state index in [4.69, 9.17) is 0 Å². The standard InChI is InChI=1S/C30H25F3N6O3/c31-30(32,33)29-36-35-24-16-37(12-13-38(24)29)15-18-6-4-17(5-7-18)14-19-8-9-22-26-20(19)2-1-3-21(26)28(42)39(22)23-10-11-25(40)34-27(23)41/h1-9,23H,10-16H2,(H,34,40,41). The molecule has 1 saturated heterocycles. The number of anilines is 1. The Morgan fingerprint density at radius 3 is 2.48 bits per heavy atom. The van der Waals surface area contributed by atoms with Crippen molar-refractivity contribution in [2.75, 3.05) is 11.4 Å². The van der Waals surface area contributed by atoms with E-state index in [-0.39, 0.29) is 31.2 Å². The maximum atomic E-state index is 13.4. The number of hydrogen-bond acceptors (Lipinski definition) is 6. The highest BCUT2D eigenvalue weighted by molar-refractivity contribution is 6.27. The number of hydrogen-bond donors (Lipinski definition) is 1. The summed E-state index contributed by atoms with van der Waals surface area (Å²) < 4.78 is 40.6. The van der Waals surface area contributed by atoms with Gasteiger partial charge in [-0.05, 0) is 47.1 Å². The highest BCUT2D eigenvalue weighted by Gasteiger charge is 2.41. The monoisotopic (exact) mass is 574 g/mol. The van der Waals surface area contributed by atoms with Crippen LogP contribution in [0.25, 0.3) is 10.8 Å². The minimum atomic E-state index is -4.52. The molecule has 3 aliphatic rings. The molecule has 1 unspecified atom stereocenters. The zero-order chi connectivity index (χ0) is 29.2. The van der Waals surface area contributed by atoms with Crippen molar-refractivity contribution >= 4 is 34.2 Å². The summed E-state index contributed by atoms with van der Waals surface area (Å²) in [7, 11) is 0. The maximum Gasteiger partial charge on any atom is 0.451 e. The molecule has 4 heterocycles. The lowest BCUT2D eigenvalue weighted by molar-refractivity contribution is -0.148. The number of imide groups is 1. The van der Waals surface area contributed by atoms with Gasteiger partial charge in [-0.1, -0.05) is 42.5 Å². The molecular formula is C30H25F3N6O3. The van der Waals surface area contributed by atoms with Crippen LogP contribution in [0.4, 0.5) is 18.9 Å². The number of nitrogens with one attached hydrogen (secondary N) is 1. The molecule has 42 heavy (non-hydrogen) atoms. The van der Waals surface area contributed by atoms with E-state index in [1.165, 1.54) is 4.90 Å². The highest BCUT2D eigenvalue weighted by Crippen LogP contribution is 2.41. The number of aromatic nitrogens is 3. The molecule has 4 aromatic rings. The van der Waals surface area contributed by atoms with Gasteiger partial charge in [0, 0.05) is 37.0 Å². The van der Waals surface area contributed by atoms with Crippen molar-refractivity contribution in [3.8, 4) is 0 Å². The molecule has 1 aromatic heterocycles. The first kappa shape index (κ1) is 26.3. The summed E-state index contributed by atoms with van der Waals surface area (Å²) in [6.45, 7) is 1.52. The molecule has 3 amide bonds. The second-order valence-corrected chi connectivity index (χ2v) is 10.9. The van der Waals surface area contributed by atoms with Crippen LogP contribution in [-0.2, 0) is 41.8 Å². The smallest absolute Gasteiger partial charge is 0.305 e. The number of carbonyl (C=O) groups excluding carboxylic acids is 3. The Bertz CT molecular complexity index is 1760. The summed E-state index contributed by atoms with van der Waals surface area (Å²) in [5.41, 5.74) is 4.37. The van der Waals surface area contributed by atoms with Crippen molar-refractivity contribution in [1.29, 1.82) is 0 Å². The predicted octanol–water partition coefficient (Wildman–Crippen LogP) is 3.82. The molecule has 0 saturated carbocycles.